The molecule has 3 N–H and O–H groups in total. The van der Waals surface area contributed by atoms with Gasteiger partial charge in [-0.25, -0.2) is 0 Å². The number of para-hydroxylation sites is 1. The highest BCUT2D eigenvalue weighted by atomic mass is 16.5. The van der Waals surface area contributed by atoms with Crippen LogP contribution in [-0.2, 0) is 4.79 Å². The number of hydrogen-bond acceptors (Lipinski definition) is 3. The van der Waals surface area contributed by atoms with Gasteiger partial charge in [0, 0.05) is 5.69 Å². The largest absolute Gasteiger partial charge is 0.492 e. The van der Waals surface area contributed by atoms with Crippen LogP contribution in [0.2, 0.25) is 0 Å². The van der Waals surface area contributed by atoms with Crippen molar-refractivity contribution in [1.29, 1.82) is 0 Å². The number of hydrogen-bond donors (Lipinski definition) is 2. The van der Waals surface area contributed by atoms with E-state index in [-0.39, 0.29) is 17.9 Å². The first-order valence-electron chi connectivity index (χ1n) is 7.57. The summed E-state index contributed by atoms with van der Waals surface area (Å²) in [4.78, 5) is 11.9. The summed E-state index contributed by atoms with van der Waals surface area (Å²) in [6.07, 6.45) is 0.790. The Bertz CT molecular complexity index is 670. The van der Waals surface area contributed by atoms with Crippen molar-refractivity contribution in [3.8, 4) is 5.75 Å². The monoisotopic (exact) mass is 296 g/mol. The van der Waals surface area contributed by atoms with Crippen molar-refractivity contribution in [3.05, 3.63) is 59.7 Å². The maximum absolute atomic E-state index is 11.9. The summed E-state index contributed by atoms with van der Waals surface area (Å²) in [5.41, 5.74) is 9.16. The molecule has 0 saturated carbocycles. The summed E-state index contributed by atoms with van der Waals surface area (Å²) in [7, 11) is 0. The highest BCUT2D eigenvalue weighted by Gasteiger charge is 2.29. The van der Waals surface area contributed by atoms with Gasteiger partial charge in [0.1, 0.15) is 12.4 Å². The van der Waals surface area contributed by atoms with Crippen LogP contribution in [-0.4, -0.2) is 12.5 Å². The minimum absolute atomic E-state index is 0.0720. The Morgan fingerprint density at radius 2 is 2.00 bits per heavy atom. The van der Waals surface area contributed by atoms with E-state index >= 15 is 0 Å². The van der Waals surface area contributed by atoms with Crippen LogP contribution in [0.15, 0.2) is 48.5 Å². The minimum atomic E-state index is -0.223. The molecule has 4 heteroatoms. The molecule has 2 aromatic carbocycles. The van der Waals surface area contributed by atoms with Crippen LogP contribution < -0.4 is 15.8 Å². The first-order valence-corrected chi connectivity index (χ1v) is 7.57. The molecule has 0 aliphatic carbocycles. The van der Waals surface area contributed by atoms with Crippen LogP contribution in [0.25, 0.3) is 0 Å². The SMILES string of the molecule is CCC1C(=O)Nc2ccc(C(N)COc3ccccc3)cc21. The molecule has 0 aromatic heterocycles. The molecule has 0 fully saturated rings. The normalized spacial score (nSPS) is 17.7. The van der Waals surface area contributed by atoms with Crippen molar-refractivity contribution < 1.29 is 9.53 Å². The molecule has 1 aliphatic rings. The van der Waals surface area contributed by atoms with Gasteiger partial charge in [-0.05, 0) is 35.7 Å². The summed E-state index contributed by atoms with van der Waals surface area (Å²) in [6.45, 7) is 2.42. The average Bonchev–Trinajstić information content (AvgIpc) is 2.87. The number of benzene rings is 2. The molecule has 3 rings (SSSR count). The predicted octanol–water partition coefficient (Wildman–Crippen LogP) is 3.21. The fraction of sp³-hybridized carbons (Fsp3) is 0.278. The number of ether oxygens (including phenoxy) is 1. The summed E-state index contributed by atoms with van der Waals surface area (Å²) >= 11 is 0. The number of carbonyl (C=O) groups is 1. The first-order chi connectivity index (χ1) is 10.7. The number of carbonyl (C=O) groups excluding carboxylic acids is 1. The van der Waals surface area contributed by atoms with Crippen molar-refractivity contribution in [2.45, 2.75) is 25.3 Å². The third-order valence-electron chi connectivity index (χ3n) is 4.03. The number of rotatable bonds is 5. The summed E-state index contributed by atoms with van der Waals surface area (Å²) in [5, 5.41) is 2.91. The van der Waals surface area contributed by atoms with Gasteiger partial charge in [-0.3, -0.25) is 4.79 Å². The van der Waals surface area contributed by atoms with Gasteiger partial charge >= 0.3 is 0 Å². The zero-order chi connectivity index (χ0) is 15.5. The van der Waals surface area contributed by atoms with E-state index < -0.39 is 0 Å². The van der Waals surface area contributed by atoms with E-state index in [1.807, 2.05) is 55.5 Å². The average molecular weight is 296 g/mol. The van der Waals surface area contributed by atoms with E-state index in [2.05, 4.69) is 5.32 Å². The van der Waals surface area contributed by atoms with Crippen molar-refractivity contribution in [1.82, 2.24) is 0 Å². The maximum atomic E-state index is 11.9. The van der Waals surface area contributed by atoms with Crippen molar-refractivity contribution >= 4 is 11.6 Å². The fourth-order valence-electron chi connectivity index (χ4n) is 2.78. The van der Waals surface area contributed by atoms with Crippen LogP contribution in [0.3, 0.4) is 0 Å². The molecular formula is C18H20N2O2. The maximum Gasteiger partial charge on any atom is 0.231 e. The molecule has 4 nitrogen and oxygen atoms in total. The van der Waals surface area contributed by atoms with E-state index in [1.165, 1.54) is 0 Å². The molecule has 2 aromatic rings. The molecular weight excluding hydrogens is 276 g/mol. The first kappa shape index (κ1) is 14.6. The Hall–Kier alpha value is -2.33. The Balaban J connectivity index is 1.73. The number of nitrogens with one attached hydrogen (secondary N) is 1. The molecule has 0 radical (unpaired) electrons. The Morgan fingerprint density at radius 3 is 2.73 bits per heavy atom. The highest BCUT2D eigenvalue weighted by Crippen LogP contribution is 2.36. The lowest BCUT2D eigenvalue weighted by Crippen LogP contribution is -2.19. The lowest BCUT2D eigenvalue weighted by Gasteiger charge is -2.15. The number of nitrogens with two attached hydrogens (primary N) is 1. The van der Waals surface area contributed by atoms with Gasteiger partial charge in [-0.1, -0.05) is 37.3 Å². The zero-order valence-electron chi connectivity index (χ0n) is 12.6. The number of anilines is 1. The van der Waals surface area contributed by atoms with E-state index in [0.29, 0.717) is 6.61 Å². The van der Waals surface area contributed by atoms with Crippen LogP contribution in [0.1, 0.15) is 36.4 Å². The van der Waals surface area contributed by atoms with Crippen LogP contribution in [0.4, 0.5) is 5.69 Å². The molecule has 114 valence electrons. The Morgan fingerprint density at radius 1 is 1.23 bits per heavy atom. The van der Waals surface area contributed by atoms with Gasteiger partial charge in [0.05, 0.1) is 12.0 Å². The predicted molar refractivity (Wildman–Crippen MR) is 87.0 cm³/mol. The highest BCUT2D eigenvalue weighted by molar-refractivity contribution is 6.02. The fourth-order valence-corrected chi connectivity index (χ4v) is 2.78. The third kappa shape index (κ3) is 2.83. The Kier molecular flexibility index (Phi) is 4.11. The van der Waals surface area contributed by atoms with E-state index in [1.54, 1.807) is 0 Å². The lowest BCUT2D eigenvalue weighted by atomic mass is 9.95. The van der Waals surface area contributed by atoms with Crippen LogP contribution >= 0.6 is 0 Å². The van der Waals surface area contributed by atoms with Crippen molar-refractivity contribution in [2.24, 2.45) is 5.73 Å². The number of amides is 1. The van der Waals surface area contributed by atoms with Gasteiger partial charge in [-0.15, -0.1) is 0 Å². The second-order valence-corrected chi connectivity index (χ2v) is 5.53. The molecule has 2 unspecified atom stereocenters. The van der Waals surface area contributed by atoms with E-state index in [0.717, 1.165) is 29.0 Å². The van der Waals surface area contributed by atoms with E-state index in [4.69, 9.17) is 10.5 Å². The van der Waals surface area contributed by atoms with E-state index in [9.17, 15) is 4.79 Å². The van der Waals surface area contributed by atoms with Crippen molar-refractivity contribution in [2.75, 3.05) is 11.9 Å². The molecule has 1 amide bonds. The van der Waals surface area contributed by atoms with Gasteiger partial charge in [-0.2, -0.15) is 0 Å². The van der Waals surface area contributed by atoms with Crippen LogP contribution in [0.5, 0.6) is 5.75 Å². The van der Waals surface area contributed by atoms with Gasteiger partial charge < -0.3 is 15.8 Å². The molecule has 22 heavy (non-hydrogen) atoms. The van der Waals surface area contributed by atoms with Gasteiger partial charge in [0.25, 0.3) is 0 Å². The molecule has 2 atom stereocenters. The number of fused-ring (bicyclic) bond motifs is 1. The van der Waals surface area contributed by atoms with Crippen LogP contribution in [0, 0.1) is 0 Å². The zero-order valence-corrected chi connectivity index (χ0v) is 12.6. The molecule has 0 bridgehead atoms. The van der Waals surface area contributed by atoms with Gasteiger partial charge in [0.2, 0.25) is 5.91 Å². The second-order valence-electron chi connectivity index (χ2n) is 5.53. The Labute approximate surface area is 130 Å². The summed E-state index contributed by atoms with van der Waals surface area (Å²) in [5.74, 6) is 0.809. The minimum Gasteiger partial charge on any atom is -0.492 e. The standard InChI is InChI=1S/C18H20N2O2/c1-2-14-15-10-12(8-9-17(15)20-18(14)21)16(19)11-22-13-6-4-3-5-7-13/h3-10,14,16H,2,11,19H2,1H3,(H,20,21). The third-order valence-corrected chi connectivity index (χ3v) is 4.03. The quantitative estimate of drug-likeness (QED) is 0.890. The molecule has 0 saturated heterocycles. The molecule has 0 spiro atoms. The summed E-state index contributed by atoms with van der Waals surface area (Å²) < 4.78 is 5.71. The molecule has 1 heterocycles. The summed E-state index contributed by atoms with van der Waals surface area (Å²) in [6, 6.07) is 15.3. The van der Waals surface area contributed by atoms with Crippen molar-refractivity contribution in [3.63, 3.8) is 0 Å². The van der Waals surface area contributed by atoms with Gasteiger partial charge in [0.15, 0.2) is 0 Å². The lowest BCUT2D eigenvalue weighted by molar-refractivity contribution is -0.117. The second kappa shape index (κ2) is 6.20. The smallest absolute Gasteiger partial charge is 0.231 e. The molecule has 1 aliphatic heterocycles. The topological polar surface area (TPSA) is 64.4 Å².